The van der Waals surface area contributed by atoms with E-state index in [9.17, 15) is 9.18 Å². The maximum atomic E-state index is 14.1. The largest absolute Gasteiger partial charge is 0.328 e. The highest BCUT2D eigenvalue weighted by atomic mass is 35.5. The average molecular weight is 375 g/mol. The number of hydrogen-bond acceptors (Lipinski definition) is 3. The number of halogens is 3. The molecule has 1 aliphatic carbocycles. The summed E-state index contributed by atoms with van der Waals surface area (Å²) in [5.41, 5.74) is 6.77. The van der Waals surface area contributed by atoms with Crippen LogP contribution in [0.5, 0.6) is 0 Å². The first-order valence-corrected chi connectivity index (χ1v) is 7.48. The fraction of sp³-hybridized carbons (Fsp3) is 0.375. The second-order valence-electron chi connectivity index (χ2n) is 5.75. The molecule has 2 unspecified atom stereocenters. The highest BCUT2D eigenvalue weighted by molar-refractivity contribution is 5.92. The van der Waals surface area contributed by atoms with Crippen molar-refractivity contribution in [3.05, 3.63) is 42.7 Å². The SMILES string of the molecule is Cl.Cl.NC1CCCC(C(=O)Nc2ccc(-n3ccnc3)c(F)c2)C1. The zero-order valence-corrected chi connectivity index (χ0v) is 14.7. The molecule has 0 spiro atoms. The predicted molar refractivity (Wildman–Crippen MR) is 96.6 cm³/mol. The zero-order valence-electron chi connectivity index (χ0n) is 13.0. The molecule has 3 rings (SSSR count). The van der Waals surface area contributed by atoms with E-state index in [2.05, 4.69) is 10.3 Å². The van der Waals surface area contributed by atoms with Crippen LogP contribution in [0.25, 0.3) is 5.69 Å². The Morgan fingerprint density at radius 2 is 2.12 bits per heavy atom. The van der Waals surface area contributed by atoms with E-state index in [0.29, 0.717) is 17.8 Å². The van der Waals surface area contributed by atoms with Gasteiger partial charge in [0.1, 0.15) is 5.82 Å². The molecule has 1 heterocycles. The van der Waals surface area contributed by atoms with Crippen LogP contribution in [0, 0.1) is 11.7 Å². The topological polar surface area (TPSA) is 72.9 Å². The third kappa shape index (κ3) is 4.69. The number of amides is 1. The van der Waals surface area contributed by atoms with Gasteiger partial charge in [0, 0.05) is 30.0 Å². The van der Waals surface area contributed by atoms with Gasteiger partial charge in [0.2, 0.25) is 5.91 Å². The lowest BCUT2D eigenvalue weighted by molar-refractivity contribution is -0.120. The summed E-state index contributed by atoms with van der Waals surface area (Å²) >= 11 is 0. The molecule has 1 amide bonds. The number of carbonyl (C=O) groups excluding carboxylic acids is 1. The first kappa shape index (κ1) is 20.4. The molecule has 1 aromatic carbocycles. The Kier molecular flexibility index (Phi) is 7.66. The Hall–Kier alpha value is -1.63. The minimum Gasteiger partial charge on any atom is -0.328 e. The second kappa shape index (κ2) is 9.01. The molecule has 1 fully saturated rings. The third-order valence-corrected chi connectivity index (χ3v) is 4.08. The van der Waals surface area contributed by atoms with Gasteiger partial charge in [-0.05, 0) is 37.5 Å². The fourth-order valence-corrected chi connectivity index (χ4v) is 2.91. The van der Waals surface area contributed by atoms with Gasteiger partial charge < -0.3 is 15.6 Å². The molecule has 24 heavy (non-hydrogen) atoms. The predicted octanol–water partition coefficient (Wildman–Crippen LogP) is 3.31. The lowest BCUT2D eigenvalue weighted by Crippen LogP contribution is -2.34. The number of aromatic nitrogens is 2. The van der Waals surface area contributed by atoms with Crippen molar-refractivity contribution >= 4 is 36.4 Å². The van der Waals surface area contributed by atoms with E-state index >= 15 is 0 Å². The molecule has 1 aliphatic rings. The second-order valence-corrected chi connectivity index (χ2v) is 5.75. The summed E-state index contributed by atoms with van der Waals surface area (Å²) in [5, 5.41) is 2.79. The van der Waals surface area contributed by atoms with Gasteiger partial charge in [0.05, 0.1) is 12.0 Å². The number of nitrogens with zero attached hydrogens (tertiary/aromatic N) is 2. The summed E-state index contributed by atoms with van der Waals surface area (Å²) in [6, 6.07) is 4.73. The number of nitrogens with two attached hydrogens (primary N) is 1. The Morgan fingerprint density at radius 3 is 2.75 bits per heavy atom. The molecule has 0 bridgehead atoms. The summed E-state index contributed by atoms with van der Waals surface area (Å²) in [5.74, 6) is -0.568. The number of benzene rings is 1. The minimum atomic E-state index is -0.406. The molecule has 1 saturated carbocycles. The smallest absolute Gasteiger partial charge is 0.227 e. The summed E-state index contributed by atoms with van der Waals surface area (Å²) in [4.78, 5) is 16.1. The molecular weight excluding hydrogens is 354 g/mol. The number of hydrogen-bond donors (Lipinski definition) is 2. The van der Waals surface area contributed by atoms with E-state index in [1.807, 2.05) is 0 Å². The van der Waals surface area contributed by atoms with Crippen molar-refractivity contribution in [3.8, 4) is 5.69 Å². The van der Waals surface area contributed by atoms with E-state index in [4.69, 9.17) is 5.73 Å². The van der Waals surface area contributed by atoms with Gasteiger partial charge in [-0.3, -0.25) is 4.79 Å². The van der Waals surface area contributed by atoms with Crippen molar-refractivity contribution < 1.29 is 9.18 Å². The van der Waals surface area contributed by atoms with Crippen LogP contribution in [-0.2, 0) is 4.79 Å². The molecule has 132 valence electrons. The number of carbonyl (C=O) groups is 1. The third-order valence-electron chi connectivity index (χ3n) is 4.08. The highest BCUT2D eigenvalue weighted by Gasteiger charge is 2.25. The van der Waals surface area contributed by atoms with Crippen molar-refractivity contribution in [3.63, 3.8) is 0 Å². The van der Waals surface area contributed by atoms with Gasteiger partial charge in [-0.25, -0.2) is 9.37 Å². The number of nitrogens with one attached hydrogen (secondary N) is 1. The first-order chi connectivity index (χ1) is 10.6. The summed E-state index contributed by atoms with van der Waals surface area (Å²) < 4.78 is 15.7. The maximum Gasteiger partial charge on any atom is 0.227 e. The first-order valence-electron chi connectivity index (χ1n) is 7.48. The normalized spacial score (nSPS) is 19.8. The Labute approximate surface area is 152 Å². The van der Waals surface area contributed by atoms with E-state index in [-0.39, 0.29) is 42.7 Å². The van der Waals surface area contributed by atoms with Crippen LogP contribution in [0.3, 0.4) is 0 Å². The Morgan fingerprint density at radius 1 is 1.33 bits per heavy atom. The minimum absolute atomic E-state index is 0. The Balaban J connectivity index is 0.00000144. The van der Waals surface area contributed by atoms with Gasteiger partial charge in [-0.15, -0.1) is 24.8 Å². The lowest BCUT2D eigenvalue weighted by Gasteiger charge is -2.25. The average Bonchev–Trinajstić information content (AvgIpc) is 3.01. The molecule has 8 heteroatoms. The standard InChI is InChI=1S/C16H19FN4O.2ClH/c17-14-9-13(4-5-15(14)21-7-6-19-10-21)20-16(22)11-2-1-3-12(18)8-11;;/h4-7,9-12H,1-3,8,18H2,(H,20,22);2*1H. The van der Waals surface area contributed by atoms with Gasteiger partial charge >= 0.3 is 0 Å². The van der Waals surface area contributed by atoms with Crippen LogP contribution in [0.4, 0.5) is 10.1 Å². The summed E-state index contributed by atoms with van der Waals surface area (Å²) in [6.07, 6.45) is 8.25. The van der Waals surface area contributed by atoms with Crippen LogP contribution < -0.4 is 11.1 Å². The molecule has 0 saturated heterocycles. The van der Waals surface area contributed by atoms with Crippen LogP contribution in [-0.4, -0.2) is 21.5 Å². The van der Waals surface area contributed by atoms with Crippen molar-refractivity contribution in [2.45, 2.75) is 31.7 Å². The molecular formula is C16H21Cl2FN4O. The van der Waals surface area contributed by atoms with E-state index < -0.39 is 5.82 Å². The number of anilines is 1. The van der Waals surface area contributed by atoms with Crippen molar-refractivity contribution in [1.82, 2.24) is 9.55 Å². The molecule has 2 atom stereocenters. The quantitative estimate of drug-likeness (QED) is 0.865. The summed E-state index contributed by atoms with van der Waals surface area (Å²) in [7, 11) is 0. The van der Waals surface area contributed by atoms with Crippen LogP contribution in [0.15, 0.2) is 36.9 Å². The van der Waals surface area contributed by atoms with E-state index in [0.717, 1.165) is 19.3 Å². The zero-order chi connectivity index (χ0) is 15.5. The van der Waals surface area contributed by atoms with Crippen molar-refractivity contribution in [2.24, 2.45) is 11.7 Å². The van der Waals surface area contributed by atoms with Gasteiger partial charge in [-0.1, -0.05) is 6.42 Å². The molecule has 3 N–H and O–H groups in total. The Bertz CT molecular complexity index is 666. The molecule has 5 nitrogen and oxygen atoms in total. The monoisotopic (exact) mass is 374 g/mol. The fourth-order valence-electron chi connectivity index (χ4n) is 2.91. The molecule has 1 aromatic heterocycles. The van der Waals surface area contributed by atoms with E-state index in [1.54, 1.807) is 29.1 Å². The lowest BCUT2D eigenvalue weighted by atomic mass is 9.85. The highest BCUT2D eigenvalue weighted by Crippen LogP contribution is 2.25. The maximum absolute atomic E-state index is 14.1. The molecule has 2 aromatic rings. The van der Waals surface area contributed by atoms with Crippen LogP contribution in [0.2, 0.25) is 0 Å². The molecule has 0 aliphatic heterocycles. The van der Waals surface area contributed by atoms with E-state index in [1.165, 1.54) is 12.4 Å². The number of imidazole rings is 1. The number of rotatable bonds is 3. The van der Waals surface area contributed by atoms with Gasteiger partial charge in [0.15, 0.2) is 0 Å². The van der Waals surface area contributed by atoms with Crippen molar-refractivity contribution in [1.29, 1.82) is 0 Å². The summed E-state index contributed by atoms with van der Waals surface area (Å²) in [6.45, 7) is 0. The van der Waals surface area contributed by atoms with Crippen molar-refractivity contribution in [2.75, 3.05) is 5.32 Å². The van der Waals surface area contributed by atoms with Crippen LogP contribution in [0.1, 0.15) is 25.7 Å². The van der Waals surface area contributed by atoms with Gasteiger partial charge in [0.25, 0.3) is 0 Å². The van der Waals surface area contributed by atoms with Gasteiger partial charge in [-0.2, -0.15) is 0 Å². The molecule has 0 radical (unpaired) electrons. The van der Waals surface area contributed by atoms with Crippen LogP contribution >= 0.6 is 24.8 Å².